The van der Waals surface area contributed by atoms with E-state index in [2.05, 4.69) is 15.2 Å². The Kier molecular flexibility index (Phi) is 9.00. The molecule has 0 bridgehead atoms. The lowest BCUT2D eigenvalue weighted by molar-refractivity contribution is -0.202. The van der Waals surface area contributed by atoms with E-state index >= 15 is 0 Å². The minimum absolute atomic E-state index is 0.176. The van der Waals surface area contributed by atoms with Gasteiger partial charge in [-0.05, 0) is 31.5 Å². The van der Waals surface area contributed by atoms with Crippen molar-refractivity contribution in [3.05, 3.63) is 58.7 Å². The third-order valence-electron chi connectivity index (χ3n) is 4.29. The molecule has 0 fully saturated rings. The smallest absolute Gasteiger partial charge is 0.386 e. The van der Waals surface area contributed by atoms with Crippen molar-refractivity contribution in [3.8, 4) is 0 Å². The van der Waals surface area contributed by atoms with Crippen molar-refractivity contribution in [1.29, 1.82) is 0 Å². The second-order valence-electron chi connectivity index (χ2n) is 6.97. The van der Waals surface area contributed by atoms with Crippen LogP contribution in [0.3, 0.4) is 0 Å². The van der Waals surface area contributed by atoms with Gasteiger partial charge in [0.05, 0.1) is 5.71 Å². The lowest BCUT2D eigenvalue weighted by Crippen LogP contribution is -2.28. The van der Waals surface area contributed by atoms with Gasteiger partial charge in [0.25, 0.3) is 5.91 Å². The number of rotatable bonds is 8. The molecule has 0 unspecified atom stereocenters. The first kappa shape index (κ1) is 26.0. The van der Waals surface area contributed by atoms with Gasteiger partial charge in [0.2, 0.25) is 0 Å². The van der Waals surface area contributed by atoms with E-state index in [0.29, 0.717) is 38.6 Å². The fraction of sp³-hybridized carbons (Fsp3) is 0.368. The van der Waals surface area contributed by atoms with Crippen molar-refractivity contribution in [3.63, 3.8) is 0 Å². The SMILES string of the molecule is C/C(=N\N(Cc1nc([C@@H](C)O)[n]([AlH2])n1)C(=O)/C=C/C[C@H](O)C(F)(F)F)c1ccc(Cl)cc1. The zero-order valence-electron chi connectivity index (χ0n) is 17.6. The molecule has 172 valence electrons. The van der Waals surface area contributed by atoms with E-state index in [0.717, 1.165) is 17.2 Å². The largest absolute Gasteiger partial charge is 0.414 e. The maximum absolute atomic E-state index is 12.7. The fourth-order valence-electron chi connectivity index (χ4n) is 2.63. The van der Waals surface area contributed by atoms with E-state index in [4.69, 9.17) is 16.7 Å². The van der Waals surface area contributed by atoms with E-state index in [9.17, 15) is 23.1 Å². The predicted octanol–water partition coefficient (Wildman–Crippen LogP) is 2.00. The first-order valence-electron chi connectivity index (χ1n) is 9.50. The number of aromatic nitrogens is 3. The van der Waals surface area contributed by atoms with E-state index in [1.165, 1.54) is 10.6 Å². The first-order chi connectivity index (χ1) is 14.9. The Labute approximate surface area is 195 Å². The number of aliphatic hydroxyl groups is 2. The van der Waals surface area contributed by atoms with Crippen molar-refractivity contribution >= 4 is 39.7 Å². The minimum atomic E-state index is -4.78. The van der Waals surface area contributed by atoms with Crippen LogP contribution in [0.15, 0.2) is 41.5 Å². The molecule has 8 nitrogen and oxygen atoms in total. The van der Waals surface area contributed by atoms with Crippen LogP contribution < -0.4 is 0 Å². The highest BCUT2D eigenvalue weighted by molar-refractivity contribution is 6.30. The summed E-state index contributed by atoms with van der Waals surface area (Å²) >= 11 is 6.33. The molecule has 1 heterocycles. The van der Waals surface area contributed by atoms with Crippen LogP contribution in [-0.4, -0.2) is 69.4 Å². The van der Waals surface area contributed by atoms with Crippen molar-refractivity contribution < 1.29 is 28.2 Å². The van der Waals surface area contributed by atoms with Crippen LogP contribution in [0.1, 0.15) is 43.6 Å². The van der Waals surface area contributed by atoms with Gasteiger partial charge in [0, 0.05) is 17.5 Å². The molecule has 1 aromatic heterocycles. The molecule has 32 heavy (non-hydrogen) atoms. The predicted molar refractivity (Wildman–Crippen MR) is 115 cm³/mol. The first-order valence-corrected chi connectivity index (χ1v) is 10.8. The Bertz CT molecular complexity index is 993. The fourth-order valence-corrected chi connectivity index (χ4v) is 3.46. The standard InChI is InChI=1S/C19H20ClF3N5O3.Al.2H/c1-11(13-6-8-14(20)9-7-13)27-28(10-16-24-18(12(2)29)26-25-16)17(31)5-3-4-15(30)19(21,22)23;;;/h3,5-9,12,15,29-30H,4,10H2,1-2H3;;;/q-1;+1;;/b5-3+,27-11+;;;/t12-,15+;;;/m1.../s1. The Hall–Kier alpha value is -2.23. The van der Waals surface area contributed by atoms with Crippen LogP contribution in [0.5, 0.6) is 0 Å². The van der Waals surface area contributed by atoms with Crippen LogP contribution in [-0.2, 0) is 11.3 Å². The van der Waals surface area contributed by atoms with Gasteiger partial charge in [0.1, 0.15) is 18.5 Å². The summed E-state index contributed by atoms with van der Waals surface area (Å²) in [5.41, 5.74) is 1.12. The number of benzene rings is 1. The van der Waals surface area contributed by atoms with Crippen LogP contribution in [0, 0.1) is 0 Å². The van der Waals surface area contributed by atoms with Crippen molar-refractivity contribution in [2.75, 3.05) is 0 Å². The highest BCUT2D eigenvalue weighted by Gasteiger charge is 2.37. The summed E-state index contributed by atoms with van der Waals surface area (Å²) in [5, 5.41) is 28.9. The van der Waals surface area contributed by atoms with E-state index < -0.39 is 30.7 Å². The Morgan fingerprint density at radius 1 is 1.34 bits per heavy atom. The topological polar surface area (TPSA) is 104 Å². The number of nitrogens with zero attached hydrogens (tertiary/aromatic N) is 5. The molecular formula is C19H22AlClF3N5O3. The average molecular weight is 488 g/mol. The molecule has 2 atom stereocenters. The summed E-state index contributed by atoms with van der Waals surface area (Å²) in [4.78, 5) is 16.9. The summed E-state index contributed by atoms with van der Waals surface area (Å²) in [7, 11) is 0. The summed E-state index contributed by atoms with van der Waals surface area (Å²) in [6.07, 6.45) is -7.16. The Balaban J connectivity index is 2.29. The maximum atomic E-state index is 12.7. The Morgan fingerprint density at radius 2 is 1.97 bits per heavy atom. The monoisotopic (exact) mass is 487 g/mol. The van der Waals surface area contributed by atoms with Gasteiger partial charge in [-0.15, -0.1) is 0 Å². The molecule has 0 spiro atoms. The van der Waals surface area contributed by atoms with Crippen molar-refractivity contribution in [2.24, 2.45) is 5.10 Å². The van der Waals surface area contributed by atoms with Crippen LogP contribution >= 0.6 is 11.6 Å². The lowest BCUT2D eigenvalue weighted by Gasteiger charge is -2.16. The molecule has 1 amide bonds. The van der Waals surface area contributed by atoms with Gasteiger partial charge in [-0.3, -0.25) is 4.79 Å². The van der Waals surface area contributed by atoms with Crippen LogP contribution in [0.25, 0.3) is 0 Å². The van der Waals surface area contributed by atoms with E-state index in [1.54, 1.807) is 31.2 Å². The zero-order chi connectivity index (χ0) is 24.1. The summed E-state index contributed by atoms with van der Waals surface area (Å²) in [6.45, 7) is 3.01. The third-order valence-corrected chi connectivity index (χ3v) is 5.20. The molecule has 1 aromatic carbocycles. The number of carbonyl (C=O) groups is 1. The van der Waals surface area contributed by atoms with E-state index in [-0.39, 0.29) is 12.4 Å². The quantitative estimate of drug-likeness (QED) is 0.256. The number of hydrogen-bond donors (Lipinski definition) is 2. The molecule has 2 aromatic rings. The number of halogens is 4. The highest BCUT2D eigenvalue weighted by atomic mass is 35.5. The van der Waals surface area contributed by atoms with Crippen molar-refractivity contribution in [2.45, 2.75) is 45.2 Å². The molecule has 0 aliphatic rings. The highest BCUT2D eigenvalue weighted by Crippen LogP contribution is 2.22. The molecule has 2 rings (SSSR count). The number of amides is 1. The van der Waals surface area contributed by atoms with Crippen molar-refractivity contribution in [1.82, 2.24) is 18.8 Å². The molecule has 0 aliphatic carbocycles. The molecule has 0 radical (unpaired) electrons. The van der Waals surface area contributed by atoms with Gasteiger partial charge < -0.3 is 13.9 Å². The minimum Gasteiger partial charge on any atom is -0.386 e. The molecule has 2 N–H and O–H groups in total. The number of alkyl halides is 3. The molecular weight excluding hydrogens is 466 g/mol. The van der Waals surface area contributed by atoms with Gasteiger partial charge in [0.15, 0.2) is 11.9 Å². The van der Waals surface area contributed by atoms with Gasteiger partial charge in [-0.2, -0.15) is 23.4 Å². The summed E-state index contributed by atoms with van der Waals surface area (Å²) in [6, 6.07) is 6.71. The van der Waals surface area contributed by atoms with E-state index in [1.807, 2.05) is 0 Å². The Morgan fingerprint density at radius 3 is 2.50 bits per heavy atom. The van der Waals surface area contributed by atoms with Gasteiger partial charge in [-0.25, -0.2) is 9.99 Å². The lowest BCUT2D eigenvalue weighted by atomic mass is 10.1. The second-order valence-corrected chi connectivity index (χ2v) is 8.25. The number of aliphatic hydroxyl groups excluding tert-OH is 2. The molecule has 0 saturated heterocycles. The number of carbonyl (C=O) groups excluding carboxylic acids is 1. The second kappa shape index (κ2) is 11.1. The third kappa shape index (κ3) is 7.43. The molecule has 0 aliphatic heterocycles. The average Bonchev–Trinajstić information content (AvgIpc) is 3.07. The number of hydrazone groups is 1. The van der Waals surface area contributed by atoms with Crippen LogP contribution in [0.4, 0.5) is 13.2 Å². The number of hydrogen-bond acceptors (Lipinski definition) is 6. The molecule has 0 saturated carbocycles. The van der Waals surface area contributed by atoms with Gasteiger partial charge >= 0.3 is 22.7 Å². The van der Waals surface area contributed by atoms with Crippen LogP contribution in [0.2, 0.25) is 5.02 Å². The molecule has 13 heteroatoms. The zero-order valence-corrected chi connectivity index (χ0v) is 20.3. The van der Waals surface area contributed by atoms with Gasteiger partial charge in [-0.1, -0.05) is 29.8 Å². The summed E-state index contributed by atoms with van der Waals surface area (Å²) < 4.78 is 38.9. The maximum Gasteiger partial charge on any atom is 0.414 e. The summed E-state index contributed by atoms with van der Waals surface area (Å²) in [5.74, 6) is -0.182. The normalized spacial score (nSPS) is 14.6.